The van der Waals surface area contributed by atoms with E-state index in [4.69, 9.17) is 10.6 Å². The van der Waals surface area contributed by atoms with Gasteiger partial charge in [-0.05, 0) is 41.8 Å². The van der Waals surface area contributed by atoms with Crippen molar-refractivity contribution in [3.05, 3.63) is 63.7 Å². The highest BCUT2D eigenvalue weighted by Crippen LogP contribution is 2.25. The van der Waals surface area contributed by atoms with E-state index in [0.29, 0.717) is 6.61 Å². The van der Waals surface area contributed by atoms with Crippen LogP contribution >= 0.6 is 0 Å². The van der Waals surface area contributed by atoms with Crippen molar-refractivity contribution < 1.29 is 9.66 Å². The molecule has 6 nitrogen and oxygen atoms in total. The average molecular weight is 287 g/mol. The predicted octanol–water partition coefficient (Wildman–Crippen LogP) is 3.02. The summed E-state index contributed by atoms with van der Waals surface area (Å²) in [4.78, 5) is 10.3. The molecule has 110 valence electrons. The molecule has 0 heterocycles. The largest absolute Gasteiger partial charge is 0.489 e. The van der Waals surface area contributed by atoms with Gasteiger partial charge in [-0.3, -0.25) is 16.0 Å². The van der Waals surface area contributed by atoms with Crippen molar-refractivity contribution >= 4 is 11.4 Å². The number of benzene rings is 2. The lowest BCUT2D eigenvalue weighted by Crippen LogP contribution is -2.10. The topological polar surface area (TPSA) is 90.4 Å². The van der Waals surface area contributed by atoms with E-state index in [1.807, 2.05) is 24.3 Å². The van der Waals surface area contributed by atoms with Gasteiger partial charge in [0, 0.05) is 6.07 Å². The molecule has 0 bridgehead atoms. The number of anilines is 1. The third kappa shape index (κ3) is 3.70. The Bertz CT molecular complexity index is 644. The molecule has 0 aromatic heterocycles. The van der Waals surface area contributed by atoms with E-state index in [2.05, 4.69) is 12.3 Å². The van der Waals surface area contributed by atoms with Crippen molar-refractivity contribution in [2.75, 3.05) is 5.43 Å². The number of nitrogens with one attached hydrogen (secondary N) is 1. The first-order valence-electron chi connectivity index (χ1n) is 6.59. The third-order valence-electron chi connectivity index (χ3n) is 3.13. The van der Waals surface area contributed by atoms with Crippen LogP contribution in [0.25, 0.3) is 0 Å². The molecule has 2 aromatic rings. The van der Waals surface area contributed by atoms with E-state index >= 15 is 0 Å². The van der Waals surface area contributed by atoms with Gasteiger partial charge in [-0.1, -0.05) is 19.1 Å². The molecule has 2 rings (SSSR count). The molecule has 0 atom stereocenters. The smallest absolute Gasteiger partial charge is 0.293 e. The Labute approximate surface area is 122 Å². The number of aryl methyl sites for hydroxylation is 1. The number of ether oxygens (including phenoxy) is 1. The van der Waals surface area contributed by atoms with Gasteiger partial charge in [-0.2, -0.15) is 0 Å². The SMILES string of the molecule is CCc1cccc(OCc2ccc([N+](=O)[O-])c(NN)c2)c1. The number of nitrogen functional groups attached to an aromatic ring is 1. The average Bonchev–Trinajstić information content (AvgIpc) is 2.52. The van der Waals surface area contributed by atoms with Crippen LogP contribution in [-0.2, 0) is 13.0 Å². The lowest BCUT2D eigenvalue weighted by Gasteiger charge is -2.09. The van der Waals surface area contributed by atoms with Gasteiger partial charge in [0.2, 0.25) is 0 Å². The van der Waals surface area contributed by atoms with Gasteiger partial charge in [0.05, 0.1) is 4.92 Å². The Morgan fingerprint density at radius 3 is 2.71 bits per heavy atom. The number of hydrazine groups is 1. The lowest BCUT2D eigenvalue weighted by molar-refractivity contribution is -0.384. The van der Waals surface area contributed by atoms with Crippen molar-refractivity contribution in [1.82, 2.24) is 0 Å². The number of nitrogens with zero attached hydrogens (tertiary/aromatic N) is 1. The monoisotopic (exact) mass is 287 g/mol. The van der Waals surface area contributed by atoms with Crippen LogP contribution < -0.4 is 16.0 Å². The van der Waals surface area contributed by atoms with Crippen LogP contribution in [0.4, 0.5) is 11.4 Å². The molecule has 3 N–H and O–H groups in total. The van der Waals surface area contributed by atoms with Crippen LogP contribution in [0.5, 0.6) is 5.75 Å². The first-order valence-corrected chi connectivity index (χ1v) is 6.59. The minimum Gasteiger partial charge on any atom is -0.489 e. The highest BCUT2D eigenvalue weighted by molar-refractivity contribution is 5.62. The number of hydrogen-bond acceptors (Lipinski definition) is 5. The zero-order valence-electron chi connectivity index (χ0n) is 11.7. The molecule has 0 aliphatic rings. The van der Waals surface area contributed by atoms with Gasteiger partial charge in [-0.25, -0.2) is 0 Å². The van der Waals surface area contributed by atoms with Gasteiger partial charge < -0.3 is 10.2 Å². The van der Waals surface area contributed by atoms with Crippen LogP contribution in [0.15, 0.2) is 42.5 Å². The summed E-state index contributed by atoms with van der Waals surface area (Å²) in [5, 5.41) is 10.8. The maximum Gasteiger partial charge on any atom is 0.293 e. The van der Waals surface area contributed by atoms with Gasteiger partial charge >= 0.3 is 0 Å². The third-order valence-corrected chi connectivity index (χ3v) is 3.13. The standard InChI is InChI=1S/C15H17N3O3/c1-2-11-4-3-5-13(8-11)21-10-12-6-7-15(18(19)20)14(9-12)17-16/h3-9,17H,2,10,16H2,1H3. The van der Waals surface area contributed by atoms with Gasteiger partial charge in [0.1, 0.15) is 18.0 Å². The van der Waals surface area contributed by atoms with Gasteiger partial charge in [0.25, 0.3) is 5.69 Å². The molecule has 0 fully saturated rings. The number of nitro benzene ring substituents is 1. The van der Waals surface area contributed by atoms with Crippen LogP contribution in [-0.4, -0.2) is 4.92 Å². The van der Waals surface area contributed by atoms with E-state index in [1.165, 1.54) is 11.6 Å². The van der Waals surface area contributed by atoms with Crippen LogP contribution in [0.3, 0.4) is 0 Å². The molecule has 2 aromatic carbocycles. The molecule has 0 aliphatic heterocycles. The summed E-state index contributed by atoms with van der Waals surface area (Å²) in [5.41, 5.74) is 4.54. The molecule has 0 spiro atoms. The zero-order chi connectivity index (χ0) is 15.2. The fourth-order valence-corrected chi connectivity index (χ4v) is 1.97. The summed E-state index contributed by atoms with van der Waals surface area (Å²) in [5.74, 6) is 6.08. The van der Waals surface area contributed by atoms with Crippen LogP contribution in [0, 0.1) is 10.1 Å². The number of rotatable bonds is 6. The minimum atomic E-state index is -0.482. The van der Waals surface area contributed by atoms with E-state index in [-0.39, 0.29) is 11.4 Å². The Morgan fingerprint density at radius 1 is 1.24 bits per heavy atom. The van der Waals surface area contributed by atoms with E-state index in [1.54, 1.807) is 12.1 Å². The number of nitrogens with two attached hydrogens (primary N) is 1. The second kappa shape index (κ2) is 6.71. The van der Waals surface area contributed by atoms with Crippen LogP contribution in [0.1, 0.15) is 18.1 Å². The zero-order valence-corrected chi connectivity index (χ0v) is 11.7. The Kier molecular flexibility index (Phi) is 4.73. The summed E-state index contributed by atoms with van der Waals surface area (Å²) >= 11 is 0. The Balaban J connectivity index is 2.11. The van der Waals surface area contributed by atoms with Crippen molar-refractivity contribution in [1.29, 1.82) is 0 Å². The number of hydrogen-bond donors (Lipinski definition) is 2. The minimum absolute atomic E-state index is 0.0609. The fourth-order valence-electron chi connectivity index (χ4n) is 1.97. The molecule has 0 saturated carbocycles. The Morgan fingerprint density at radius 2 is 2.05 bits per heavy atom. The molecule has 21 heavy (non-hydrogen) atoms. The van der Waals surface area contributed by atoms with E-state index in [0.717, 1.165) is 17.7 Å². The fraction of sp³-hybridized carbons (Fsp3) is 0.200. The lowest BCUT2D eigenvalue weighted by atomic mass is 10.1. The van der Waals surface area contributed by atoms with E-state index < -0.39 is 4.92 Å². The molecular formula is C15H17N3O3. The predicted molar refractivity (Wildman–Crippen MR) is 81.1 cm³/mol. The maximum absolute atomic E-state index is 10.8. The molecular weight excluding hydrogens is 270 g/mol. The summed E-state index contributed by atoms with van der Waals surface area (Å²) < 4.78 is 5.70. The summed E-state index contributed by atoms with van der Waals surface area (Å²) in [6, 6.07) is 12.5. The summed E-state index contributed by atoms with van der Waals surface area (Å²) in [6.07, 6.45) is 0.940. The second-order valence-corrected chi connectivity index (χ2v) is 4.54. The summed E-state index contributed by atoms with van der Waals surface area (Å²) in [6.45, 7) is 2.40. The van der Waals surface area contributed by atoms with Crippen molar-refractivity contribution in [3.63, 3.8) is 0 Å². The Hall–Kier alpha value is -2.60. The molecule has 0 aliphatic carbocycles. The quantitative estimate of drug-likeness (QED) is 0.484. The van der Waals surface area contributed by atoms with Gasteiger partial charge in [-0.15, -0.1) is 0 Å². The summed E-state index contributed by atoms with van der Waals surface area (Å²) in [7, 11) is 0. The first kappa shape index (κ1) is 14.8. The molecule has 0 saturated heterocycles. The van der Waals surface area contributed by atoms with Crippen molar-refractivity contribution in [2.45, 2.75) is 20.0 Å². The molecule has 0 radical (unpaired) electrons. The molecule has 6 heteroatoms. The molecule has 0 unspecified atom stereocenters. The second-order valence-electron chi connectivity index (χ2n) is 4.54. The first-order chi connectivity index (χ1) is 10.1. The van der Waals surface area contributed by atoms with Crippen molar-refractivity contribution in [3.8, 4) is 5.75 Å². The maximum atomic E-state index is 10.8. The van der Waals surface area contributed by atoms with Crippen molar-refractivity contribution in [2.24, 2.45) is 5.84 Å². The van der Waals surface area contributed by atoms with E-state index in [9.17, 15) is 10.1 Å². The van der Waals surface area contributed by atoms with Gasteiger partial charge in [0.15, 0.2) is 0 Å². The highest BCUT2D eigenvalue weighted by atomic mass is 16.6. The normalized spacial score (nSPS) is 10.2. The van der Waals surface area contributed by atoms with Crippen LogP contribution in [0.2, 0.25) is 0 Å². The number of nitro groups is 1. The highest BCUT2D eigenvalue weighted by Gasteiger charge is 2.13. The molecule has 0 amide bonds.